The number of nitrogens with zero attached hydrogens (tertiary/aromatic N) is 1. The van der Waals surface area contributed by atoms with Crippen LogP contribution in [0.4, 0.5) is 5.69 Å². The largest absolute Gasteiger partial charge is 0.495 e. The summed E-state index contributed by atoms with van der Waals surface area (Å²) in [5.74, 6) is 0.821. The molecule has 0 bridgehead atoms. The Morgan fingerprint density at radius 3 is 2.79 bits per heavy atom. The van der Waals surface area contributed by atoms with Gasteiger partial charge in [-0.25, -0.2) is 0 Å². The Morgan fingerprint density at radius 1 is 1.42 bits per heavy atom. The van der Waals surface area contributed by atoms with Gasteiger partial charge in [-0.3, -0.25) is 0 Å². The van der Waals surface area contributed by atoms with Crippen molar-refractivity contribution in [2.24, 2.45) is 0 Å². The van der Waals surface area contributed by atoms with E-state index < -0.39 is 0 Å². The average molecular weight is 283 g/mol. The number of nitrogens with one attached hydrogen (secondary N) is 1. The summed E-state index contributed by atoms with van der Waals surface area (Å²) in [7, 11) is 3.87. The lowest BCUT2D eigenvalue weighted by Crippen LogP contribution is -2.42. The average Bonchev–Trinajstić information content (AvgIpc) is 2.38. The van der Waals surface area contributed by atoms with Gasteiger partial charge in [-0.1, -0.05) is 11.6 Å². The second kappa shape index (κ2) is 6.02. The van der Waals surface area contributed by atoms with Gasteiger partial charge in [0.25, 0.3) is 0 Å². The standard InChI is InChI=1S/C15H23ClN2O/c1-10-7-14(15(19-4)9-13(10)16)17-12-5-6-18(3)11(2)8-12/h7,9,11-12,17H,5-6,8H2,1-4H3. The van der Waals surface area contributed by atoms with Crippen LogP contribution < -0.4 is 10.1 Å². The first-order valence-electron chi connectivity index (χ1n) is 6.82. The van der Waals surface area contributed by atoms with Crippen LogP contribution in [0.1, 0.15) is 25.3 Å². The quantitative estimate of drug-likeness (QED) is 0.917. The lowest BCUT2D eigenvalue weighted by molar-refractivity contribution is 0.190. The van der Waals surface area contributed by atoms with Crippen LogP contribution in [0.5, 0.6) is 5.75 Å². The van der Waals surface area contributed by atoms with E-state index in [1.807, 2.05) is 13.0 Å². The first kappa shape index (κ1) is 14.5. The molecule has 1 N–H and O–H groups in total. The number of anilines is 1. The normalized spacial score (nSPS) is 24.3. The third-order valence-corrected chi connectivity index (χ3v) is 4.46. The van der Waals surface area contributed by atoms with Crippen LogP contribution in [0.3, 0.4) is 0 Å². The van der Waals surface area contributed by atoms with Crippen LogP contribution in [0.2, 0.25) is 5.02 Å². The zero-order chi connectivity index (χ0) is 14.0. The summed E-state index contributed by atoms with van der Waals surface area (Å²) in [5.41, 5.74) is 2.12. The van der Waals surface area contributed by atoms with Crippen molar-refractivity contribution in [1.29, 1.82) is 0 Å². The second-order valence-corrected chi connectivity index (χ2v) is 5.90. The van der Waals surface area contributed by atoms with E-state index in [4.69, 9.17) is 16.3 Å². The van der Waals surface area contributed by atoms with Crippen molar-refractivity contribution >= 4 is 17.3 Å². The molecule has 1 aliphatic rings. The van der Waals surface area contributed by atoms with Gasteiger partial charge in [0.2, 0.25) is 0 Å². The van der Waals surface area contributed by atoms with Crippen molar-refractivity contribution in [3.05, 3.63) is 22.7 Å². The summed E-state index contributed by atoms with van der Waals surface area (Å²) in [6.45, 7) is 5.43. The van der Waals surface area contributed by atoms with Gasteiger partial charge < -0.3 is 15.0 Å². The van der Waals surface area contributed by atoms with E-state index in [2.05, 4.69) is 30.3 Å². The van der Waals surface area contributed by atoms with Gasteiger partial charge in [0.15, 0.2) is 0 Å². The molecule has 1 heterocycles. The maximum absolute atomic E-state index is 6.14. The van der Waals surface area contributed by atoms with E-state index in [1.54, 1.807) is 7.11 Å². The molecule has 0 saturated carbocycles. The highest BCUT2D eigenvalue weighted by Crippen LogP contribution is 2.32. The molecule has 0 amide bonds. The van der Waals surface area contributed by atoms with Crippen molar-refractivity contribution in [2.75, 3.05) is 26.0 Å². The van der Waals surface area contributed by atoms with Crippen molar-refractivity contribution in [3.8, 4) is 5.75 Å². The topological polar surface area (TPSA) is 24.5 Å². The highest BCUT2D eigenvalue weighted by Gasteiger charge is 2.23. The molecule has 2 atom stereocenters. The highest BCUT2D eigenvalue weighted by molar-refractivity contribution is 6.31. The minimum Gasteiger partial charge on any atom is -0.495 e. The minimum absolute atomic E-state index is 0.501. The third kappa shape index (κ3) is 3.34. The summed E-state index contributed by atoms with van der Waals surface area (Å²) in [5, 5.41) is 4.36. The molecule has 2 unspecified atom stereocenters. The highest BCUT2D eigenvalue weighted by atomic mass is 35.5. The Balaban J connectivity index is 2.12. The summed E-state index contributed by atoms with van der Waals surface area (Å²) < 4.78 is 5.41. The van der Waals surface area contributed by atoms with E-state index in [1.165, 1.54) is 0 Å². The van der Waals surface area contributed by atoms with E-state index >= 15 is 0 Å². The number of methoxy groups -OCH3 is 1. The van der Waals surface area contributed by atoms with Crippen molar-refractivity contribution < 1.29 is 4.74 Å². The Hall–Kier alpha value is -0.930. The van der Waals surface area contributed by atoms with Crippen LogP contribution in [0, 0.1) is 6.92 Å². The molecule has 4 heteroatoms. The Kier molecular flexibility index (Phi) is 4.58. The van der Waals surface area contributed by atoms with Crippen LogP contribution in [-0.4, -0.2) is 37.7 Å². The number of likely N-dealkylation sites (tertiary alicyclic amines) is 1. The molecule has 106 valence electrons. The molecular formula is C15H23ClN2O. The van der Waals surface area contributed by atoms with E-state index in [0.29, 0.717) is 12.1 Å². The van der Waals surface area contributed by atoms with Crippen LogP contribution in [-0.2, 0) is 0 Å². The van der Waals surface area contributed by atoms with Gasteiger partial charge >= 0.3 is 0 Å². The summed E-state index contributed by atoms with van der Waals surface area (Å²) in [6, 6.07) is 5.08. The number of rotatable bonds is 3. The Bertz CT molecular complexity index is 450. The van der Waals surface area contributed by atoms with Gasteiger partial charge in [0.1, 0.15) is 5.75 Å². The van der Waals surface area contributed by atoms with Gasteiger partial charge in [-0.15, -0.1) is 0 Å². The first-order valence-corrected chi connectivity index (χ1v) is 7.20. The van der Waals surface area contributed by atoms with Gasteiger partial charge in [0.05, 0.1) is 12.8 Å². The SMILES string of the molecule is COc1cc(Cl)c(C)cc1NC1CCN(C)C(C)C1. The number of hydrogen-bond acceptors (Lipinski definition) is 3. The lowest BCUT2D eigenvalue weighted by atomic mass is 9.98. The maximum Gasteiger partial charge on any atom is 0.143 e. The summed E-state index contributed by atoms with van der Waals surface area (Å²) >= 11 is 6.14. The van der Waals surface area contributed by atoms with Crippen molar-refractivity contribution in [3.63, 3.8) is 0 Å². The number of ether oxygens (including phenoxy) is 1. The number of hydrogen-bond donors (Lipinski definition) is 1. The lowest BCUT2D eigenvalue weighted by Gasteiger charge is -2.36. The molecule has 0 spiro atoms. The molecule has 1 aromatic carbocycles. The minimum atomic E-state index is 0.501. The van der Waals surface area contributed by atoms with E-state index in [-0.39, 0.29) is 0 Å². The molecule has 19 heavy (non-hydrogen) atoms. The Labute approximate surface area is 120 Å². The molecule has 1 aliphatic heterocycles. The molecule has 3 nitrogen and oxygen atoms in total. The molecule has 0 aliphatic carbocycles. The predicted molar refractivity (Wildman–Crippen MR) is 81.5 cm³/mol. The number of benzene rings is 1. The summed E-state index contributed by atoms with van der Waals surface area (Å²) in [4.78, 5) is 2.41. The zero-order valence-corrected chi connectivity index (χ0v) is 12.9. The fourth-order valence-electron chi connectivity index (χ4n) is 2.59. The molecule has 2 rings (SSSR count). The van der Waals surface area contributed by atoms with Crippen LogP contribution in [0.25, 0.3) is 0 Å². The van der Waals surface area contributed by atoms with E-state index in [0.717, 1.165) is 41.4 Å². The molecular weight excluding hydrogens is 260 g/mol. The second-order valence-electron chi connectivity index (χ2n) is 5.50. The van der Waals surface area contributed by atoms with E-state index in [9.17, 15) is 0 Å². The molecule has 1 fully saturated rings. The summed E-state index contributed by atoms with van der Waals surface area (Å²) in [6.07, 6.45) is 2.31. The van der Waals surface area contributed by atoms with Gasteiger partial charge in [-0.2, -0.15) is 0 Å². The smallest absolute Gasteiger partial charge is 0.143 e. The number of piperidine rings is 1. The monoisotopic (exact) mass is 282 g/mol. The molecule has 1 aromatic rings. The zero-order valence-electron chi connectivity index (χ0n) is 12.2. The van der Waals surface area contributed by atoms with Crippen molar-refractivity contribution in [1.82, 2.24) is 4.90 Å². The van der Waals surface area contributed by atoms with Crippen LogP contribution in [0.15, 0.2) is 12.1 Å². The molecule has 0 radical (unpaired) electrons. The predicted octanol–water partition coefficient (Wildman–Crippen LogP) is 3.55. The Morgan fingerprint density at radius 2 is 2.16 bits per heavy atom. The molecule has 0 aromatic heterocycles. The third-order valence-electron chi connectivity index (χ3n) is 4.05. The van der Waals surface area contributed by atoms with Crippen LogP contribution >= 0.6 is 11.6 Å². The first-order chi connectivity index (χ1) is 9.01. The fraction of sp³-hybridized carbons (Fsp3) is 0.600. The number of aryl methyl sites for hydroxylation is 1. The maximum atomic E-state index is 6.14. The molecule has 1 saturated heterocycles. The fourth-order valence-corrected chi connectivity index (χ4v) is 2.74. The van der Waals surface area contributed by atoms with Gasteiger partial charge in [0, 0.05) is 29.7 Å². The van der Waals surface area contributed by atoms with Crippen molar-refractivity contribution in [2.45, 2.75) is 38.8 Å². The number of halogens is 1. The van der Waals surface area contributed by atoms with Gasteiger partial charge in [-0.05, 0) is 45.4 Å².